The summed E-state index contributed by atoms with van der Waals surface area (Å²) in [6, 6.07) is 0.409. The Labute approximate surface area is 104 Å². The van der Waals surface area contributed by atoms with E-state index >= 15 is 0 Å². The van der Waals surface area contributed by atoms with Gasteiger partial charge < -0.3 is 15.4 Å². The summed E-state index contributed by atoms with van der Waals surface area (Å²) < 4.78 is 5.09. The maximum Gasteiger partial charge on any atom is 0.253 e. The first-order chi connectivity index (χ1) is 7.24. The van der Waals surface area contributed by atoms with Crippen LogP contribution in [0.4, 0.5) is 0 Å². The molecule has 0 aromatic rings. The zero-order chi connectivity index (χ0) is 11.3. The van der Waals surface area contributed by atoms with Gasteiger partial charge in [0.05, 0.1) is 0 Å². The van der Waals surface area contributed by atoms with Crippen molar-refractivity contribution in [2.45, 2.75) is 44.8 Å². The van der Waals surface area contributed by atoms with Crippen molar-refractivity contribution in [2.24, 2.45) is 5.73 Å². The maximum absolute atomic E-state index is 12.0. The second-order valence-corrected chi connectivity index (χ2v) is 4.02. The van der Waals surface area contributed by atoms with Crippen LogP contribution in [-0.2, 0) is 9.53 Å². The summed E-state index contributed by atoms with van der Waals surface area (Å²) >= 11 is 0. The fourth-order valence-corrected chi connectivity index (χ4v) is 2.29. The summed E-state index contributed by atoms with van der Waals surface area (Å²) in [7, 11) is 1.54. The molecule has 1 rings (SSSR count). The second-order valence-electron chi connectivity index (χ2n) is 4.02. The maximum atomic E-state index is 12.0. The molecule has 1 unspecified atom stereocenters. The van der Waals surface area contributed by atoms with E-state index in [-0.39, 0.29) is 24.9 Å². The number of hydrogen-bond acceptors (Lipinski definition) is 3. The highest BCUT2D eigenvalue weighted by atomic mass is 35.5. The number of ether oxygens (including phenoxy) is 1. The summed E-state index contributed by atoms with van der Waals surface area (Å²) in [5.74, 6) is 0.0504. The average molecular weight is 251 g/mol. The number of carbonyl (C=O) groups is 1. The molecule has 1 amide bonds. The molecule has 1 aliphatic rings. The molecule has 0 radical (unpaired) electrons. The Bertz CT molecular complexity index is 204. The largest absolute Gasteiger partial charge is 0.370 e. The van der Waals surface area contributed by atoms with E-state index in [4.69, 9.17) is 10.5 Å². The van der Waals surface area contributed by atoms with Crippen molar-refractivity contribution >= 4 is 18.3 Å². The first-order valence-corrected chi connectivity index (χ1v) is 5.77. The minimum atomic E-state index is -0.467. The summed E-state index contributed by atoms with van der Waals surface area (Å²) in [6.45, 7) is 3.03. The van der Waals surface area contributed by atoms with Crippen LogP contribution >= 0.6 is 12.4 Å². The van der Waals surface area contributed by atoms with Crippen LogP contribution in [0.15, 0.2) is 0 Å². The van der Waals surface area contributed by atoms with Crippen molar-refractivity contribution in [2.75, 3.05) is 20.2 Å². The zero-order valence-corrected chi connectivity index (χ0v) is 11.0. The Morgan fingerprint density at radius 2 is 2.06 bits per heavy atom. The van der Waals surface area contributed by atoms with Crippen molar-refractivity contribution in [3.63, 3.8) is 0 Å². The van der Waals surface area contributed by atoms with Crippen LogP contribution in [0.3, 0.4) is 0 Å². The fourth-order valence-electron chi connectivity index (χ4n) is 2.29. The summed E-state index contributed by atoms with van der Waals surface area (Å²) in [5.41, 5.74) is 5.50. The van der Waals surface area contributed by atoms with Gasteiger partial charge in [-0.05, 0) is 19.8 Å². The van der Waals surface area contributed by atoms with Crippen LogP contribution < -0.4 is 5.73 Å². The van der Waals surface area contributed by atoms with Crippen LogP contribution in [0.2, 0.25) is 0 Å². The van der Waals surface area contributed by atoms with Crippen LogP contribution in [-0.4, -0.2) is 43.2 Å². The Kier molecular flexibility index (Phi) is 7.72. The van der Waals surface area contributed by atoms with Crippen molar-refractivity contribution in [1.29, 1.82) is 0 Å². The summed E-state index contributed by atoms with van der Waals surface area (Å²) in [5, 5.41) is 0. The standard InChI is InChI=1S/C11H22N2O2.ClH/c1-3-13(9-6-4-5-7-9)11(14)10(8-12)15-2;/h9-10H,3-8,12H2,1-2H3;1H. The lowest BCUT2D eigenvalue weighted by Crippen LogP contribution is -2.47. The third kappa shape index (κ3) is 3.61. The van der Waals surface area contributed by atoms with E-state index < -0.39 is 6.10 Å². The van der Waals surface area contributed by atoms with Gasteiger partial charge in [0.1, 0.15) is 6.10 Å². The number of carbonyl (C=O) groups excluding carboxylic acids is 1. The SMILES string of the molecule is CCN(C(=O)C(CN)OC)C1CCCC1.Cl. The number of methoxy groups -OCH3 is 1. The topological polar surface area (TPSA) is 55.6 Å². The Morgan fingerprint density at radius 1 is 1.50 bits per heavy atom. The number of likely N-dealkylation sites (N-methyl/N-ethyl adjacent to an activating group) is 1. The molecule has 1 saturated carbocycles. The molecule has 0 saturated heterocycles. The quantitative estimate of drug-likeness (QED) is 0.797. The molecule has 1 aliphatic carbocycles. The highest BCUT2D eigenvalue weighted by Gasteiger charge is 2.29. The van der Waals surface area contributed by atoms with E-state index in [1.807, 2.05) is 11.8 Å². The van der Waals surface area contributed by atoms with Crippen molar-refractivity contribution in [1.82, 2.24) is 4.90 Å². The number of amides is 1. The van der Waals surface area contributed by atoms with Crippen LogP contribution in [0.25, 0.3) is 0 Å². The molecular formula is C11H23ClN2O2. The lowest BCUT2D eigenvalue weighted by molar-refractivity contribution is -0.143. The van der Waals surface area contributed by atoms with Gasteiger partial charge in [-0.25, -0.2) is 0 Å². The molecule has 0 aromatic heterocycles. The molecule has 1 atom stereocenters. The first-order valence-electron chi connectivity index (χ1n) is 5.77. The van der Waals surface area contributed by atoms with E-state index in [9.17, 15) is 4.79 Å². The Balaban J connectivity index is 0.00000225. The number of rotatable bonds is 5. The van der Waals surface area contributed by atoms with E-state index in [1.54, 1.807) is 0 Å². The molecule has 16 heavy (non-hydrogen) atoms. The number of nitrogens with zero attached hydrogens (tertiary/aromatic N) is 1. The Morgan fingerprint density at radius 3 is 2.44 bits per heavy atom. The van der Waals surface area contributed by atoms with Gasteiger partial charge in [0.25, 0.3) is 5.91 Å². The molecule has 1 fully saturated rings. The van der Waals surface area contributed by atoms with Crippen LogP contribution in [0, 0.1) is 0 Å². The van der Waals surface area contributed by atoms with E-state index in [0.717, 1.165) is 19.4 Å². The van der Waals surface area contributed by atoms with Crippen LogP contribution in [0.5, 0.6) is 0 Å². The molecular weight excluding hydrogens is 228 g/mol. The third-order valence-electron chi connectivity index (χ3n) is 3.16. The van der Waals surface area contributed by atoms with E-state index in [0.29, 0.717) is 6.04 Å². The average Bonchev–Trinajstić information content (AvgIpc) is 2.74. The van der Waals surface area contributed by atoms with Gasteiger partial charge in [-0.1, -0.05) is 12.8 Å². The normalized spacial score (nSPS) is 17.9. The lowest BCUT2D eigenvalue weighted by Gasteiger charge is -2.30. The number of hydrogen-bond donors (Lipinski definition) is 1. The Hall–Kier alpha value is -0.320. The monoisotopic (exact) mass is 250 g/mol. The smallest absolute Gasteiger partial charge is 0.253 e. The van der Waals surface area contributed by atoms with Gasteiger partial charge >= 0.3 is 0 Å². The fraction of sp³-hybridized carbons (Fsp3) is 0.909. The second kappa shape index (κ2) is 7.87. The van der Waals surface area contributed by atoms with Crippen molar-refractivity contribution < 1.29 is 9.53 Å². The van der Waals surface area contributed by atoms with Gasteiger partial charge in [-0.15, -0.1) is 12.4 Å². The predicted molar refractivity (Wildman–Crippen MR) is 66.7 cm³/mol. The van der Waals surface area contributed by atoms with E-state index in [2.05, 4.69) is 0 Å². The zero-order valence-electron chi connectivity index (χ0n) is 10.1. The van der Waals surface area contributed by atoms with Gasteiger partial charge in [-0.2, -0.15) is 0 Å². The van der Waals surface area contributed by atoms with Gasteiger partial charge in [0, 0.05) is 26.2 Å². The highest BCUT2D eigenvalue weighted by molar-refractivity contribution is 5.85. The summed E-state index contributed by atoms with van der Waals surface area (Å²) in [4.78, 5) is 14.0. The van der Waals surface area contributed by atoms with Crippen molar-refractivity contribution in [3.8, 4) is 0 Å². The summed E-state index contributed by atoms with van der Waals surface area (Å²) in [6.07, 6.45) is 4.25. The number of nitrogens with two attached hydrogens (primary N) is 1. The van der Waals surface area contributed by atoms with Gasteiger partial charge in [0.2, 0.25) is 0 Å². The molecule has 96 valence electrons. The first kappa shape index (κ1) is 15.7. The molecule has 4 nitrogen and oxygen atoms in total. The molecule has 5 heteroatoms. The molecule has 0 bridgehead atoms. The molecule has 2 N–H and O–H groups in total. The lowest BCUT2D eigenvalue weighted by atomic mass is 10.2. The van der Waals surface area contributed by atoms with Crippen LogP contribution in [0.1, 0.15) is 32.6 Å². The van der Waals surface area contributed by atoms with E-state index in [1.165, 1.54) is 20.0 Å². The molecule has 0 spiro atoms. The van der Waals surface area contributed by atoms with Gasteiger partial charge in [-0.3, -0.25) is 4.79 Å². The predicted octanol–water partition coefficient (Wildman–Crippen LogP) is 1.17. The van der Waals surface area contributed by atoms with Gasteiger partial charge in [0.15, 0.2) is 0 Å². The number of halogens is 1. The third-order valence-corrected chi connectivity index (χ3v) is 3.16. The minimum Gasteiger partial charge on any atom is -0.370 e. The molecule has 0 aromatic carbocycles. The highest BCUT2D eigenvalue weighted by Crippen LogP contribution is 2.23. The minimum absolute atomic E-state index is 0. The molecule has 0 heterocycles. The molecule has 0 aliphatic heterocycles. The van der Waals surface area contributed by atoms with Crippen molar-refractivity contribution in [3.05, 3.63) is 0 Å².